The van der Waals surface area contributed by atoms with E-state index < -0.39 is 4.92 Å². The van der Waals surface area contributed by atoms with Gasteiger partial charge in [-0.3, -0.25) is 19.8 Å². The fourth-order valence-electron chi connectivity index (χ4n) is 4.83. The van der Waals surface area contributed by atoms with Crippen LogP contribution in [0, 0.1) is 21.8 Å². The number of hydrogen-bond acceptors (Lipinski definition) is 6. The van der Waals surface area contributed by atoms with E-state index in [0.717, 1.165) is 29.8 Å². The Morgan fingerprint density at radius 2 is 2.03 bits per heavy atom. The van der Waals surface area contributed by atoms with Crippen molar-refractivity contribution in [1.29, 1.82) is 0 Å². The Labute approximate surface area is 192 Å². The number of carbonyl (C=O) groups excluding carboxylic acids is 1. The molecule has 1 fully saturated rings. The Balaban J connectivity index is 1.55. The summed E-state index contributed by atoms with van der Waals surface area (Å²) < 4.78 is 18.3. The van der Waals surface area contributed by atoms with Crippen molar-refractivity contribution in [2.45, 2.75) is 25.4 Å². The molecule has 1 saturated heterocycles. The number of ether oxygens (including phenoxy) is 1. The summed E-state index contributed by atoms with van der Waals surface area (Å²) in [5.74, 6) is -0.619. The maximum absolute atomic E-state index is 13.3. The van der Waals surface area contributed by atoms with Crippen molar-refractivity contribution in [2.75, 3.05) is 44.8 Å². The number of non-ortho nitro benzene ring substituents is 1. The lowest BCUT2D eigenvalue weighted by molar-refractivity contribution is -0.384. The largest absolute Gasteiger partial charge is 0.385 e. The first kappa shape index (κ1) is 23.1. The number of piperazine rings is 1. The van der Waals surface area contributed by atoms with E-state index in [4.69, 9.17) is 4.74 Å². The summed E-state index contributed by atoms with van der Waals surface area (Å²) in [5, 5.41) is 14.3. The highest BCUT2D eigenvalue weighted by Crippen LogP contribution is 2.38. The molecule has 2 aliphatic heterocycles. The molecule has 2 aromatic rings. The molecule has 176 valence electrons. The molecule has 4 rings (SSSR count). The van der Waals surface area contributed by atoms with E-state index >= 15 is 0 Å². The molecular weight excluding hydrogens is 427 g/mol. The van der Waals surface area contributed by atoms with Crippen LogP contribution in [0.15, 0.2) is 42.5 Å². The van der Waals surface area contributed by atoms with Crippen LogP contribution in [0.4, 0.5) is 15.8 Å². The molecule has 0 bridgehead atoms. The Kier molecular flexibility index (Phi) is 7.20. The van der Waals surface area contributed by atoms with Gasteiger partial charge in [-0.05, 0) is 42.2 Å². The summed E-state index contributed by atoms with van der Waals surface area (Å²) in [6.07, 6.45) is 1.18. The highest BCUT2D eigenvalue weighted by molar-refractivity contribution is 5.82. The lowest BCUT2D eigenvalue weighted by Crippen LogP contribution is -2.60. The molecule has 0 spiro atoms. The second-order valence-corrected chi connectivity index (χ2v) is 8.64. The van der Waals surface area contributed by atoms with Gasteiger partial charge in [0.1, 0.15) is 5.82 Å². The van der Waals surface area contributed by atoms with Gasteiger partial charge in [0.2, 0.25) is 5.91 Å². The molecule has 1 amide bonds. The van der Waals surface area contributed by atoms with Crippen molar-refractivity contribution in [1.82, 2.24) is 10.2 Å². The first-order valence-corrected chi connectivity index (χ1v) is 11.2. The van der Waals surface area contributed by atoms with Crippen molar-refractivity contribution in [2.24, 2.45) is 5.92 Å². The van der Waals surface area contributed by atoms with Crippen molar-refractivity contribution in [3.05, 3.63) is 69.5 Å². The third-order valence-electron chi connectivity index (χ3n) is 6.47. The molecule has 33 heavy (non-hydrogen) atoms. The van der Waals surface area contributed by atoms with E-state index in [1.165, 1.54) is 18.2 Å². The molecule has 8 nitrogen and oxygen atoms in total. The van der Waals surface area contributed by atoms with Gasteiger partial charge in [-0.2, -0.15) is 0 Å². The van der Waals surface area contributed by atoms with Gasteiger partial charge in [0.15, 0.2) is 0 Å². The molecule has 2 heterocycles. The van der Waals surface area contributed by atoms with Crippen LogP contribution in [-0.4, -0.2) is 61.7 Å². The molecule has 0 radical (unpaired) electrons. The van der Waals surface area contributed by atoms with Gasteiger partial charge in [0.05, 0.1) is 16.9 Å². The van der Waals surface area contributed by atoms with Gasteiger partial charge in [-0.25, -0.2) is 4.39 Å². The van der Waals surface area contributed by atoms with Crippen molar-refractivity contribution in [3.63, 3.8) is 0 Å². The van der Waals surface area contributed by atoms with Crippen LogP contribution in [0.1, 0.15) is 17.5 Å². The highest BCUT2D eigenvalue weighted by atomic mass is 19.1. The van der Waals surface area contributed by atoms with E-state index in [0.29, 0.717) is 39.2 Å². The first-order valence-electron chi connectivity index (χ1n) is 11.2. The van der Waals surface area contributed by atoms with Crippen LogP contribution in [0.2, 0.25) is 0 Å². The van der Waals surface area contributed by atoms with Crippen molar-refractivity contribution < 1.29 is 18.8 Å². The molecule has 0 aliphatic carbocycles. The number of nitrogens with one attached hydrogen (secondary N) is 1. The molecule has 1 N–H and O–H groups in total. The van der Waals surface area contributed by atoms with Crippen LogP contribution in [0.3, 0.4) is 0 Å². The number of anilines is 1. The lowest BCUT2D eigenvalue weighted by Gasteiger charge is -2.49. The van der Waals surface area contributed by atoms with Crippen LogP contribution in [0.25, 0.3) is 0 Å². The quantitative estimate of drug-likeness (QED) is 0.373. The minimum atomic E-state index is -0.396. The van der Waals surface area contributed by atoms with E-state index in [-0.39, 0.29) is 29.4 Å². The third kappa shape index (κ3) is 5.31. The first-order chi connectivity index (χ1) is 16.0. The average molecular weight is 457 g/mol. The van der Waals surface area contributed by atoms with Crippen molar-refractivity contribution in [3.8, 4) is 0 Å². The lowest BCUT2D eigenvalue weighted by atomic mass is 9.83. The summed E-state index contributed by atoms with van der Waals surface area (Å²) in [5.41, 5.74) is 2.87. The number of nitro groups is 1. The second-order valence-electron chi connectivity index (χ2n) is 8.64. The number of benzene rings is 2. The topological polar surface area (TPSA) is 87.9 Å². The predicted octanol–water partition coefficient (Wildman–Crippen LogP) is 2.75. The van der Waals surface area contributed by atoms with E-state index in [1.807, 2.05) is 6.07 Å². The number of fused-ring (bicyclic) bond motifs is 3. The fraction of sp³-hybridized carbons (Fsp3) is 0.458. The number of amides is 1. The van der Waals surface area contributed by atoms with Gasteiger partial charge in [0.25, 0.3) is 5.69 Å². The van der Waals surface area contributed by atoms with E-state index in [9.17, 15) is 19.3 Å². The summed E-state index contributed by atoms with van der Waals surface area (Å²) in [4.78, 5) is 28.6. The maximum atomic E-state index is 13.3. The molecule has 0 aromatic heterocycles. The third-order valence-corrected chi connectivity index (χ3v) is 6.47. The molecule has 0 unspecified atom stereocenters. The smallest absolute Gasteiger partial charge is 0.269 e. The zero-order valence-corrected chi connectivity index (χ0v) is 18.7. The zero-order valence-electron chi connectivity index (χ0n) is 18.7. The van der Waals surface area contributed by atoms with Crippen LogP contribution in [-0.2, 0) is 22.5 Å². The van der Waals surface area contributed by atoms with Gasteiger partial charge < -0.3 is 15.0 Å². The summed E-state index contributed by atoms with van der Waals surface area (Å²) in [6.45, 7) is 3.96. The van der Waals surface area contributed by atoms with E-state index in [1.54, 1.807) is 25.3 Å². The Bertz CT molecular complexity index is 1000. The standard InChI is InChI=1S/C24H29FN4O4/c1-33-12-2-9-26-24(30)21-14-18-13-20(29(31)32)7-8-22(18)28-11-10-27(16-23(21)28)15-17-3-5-19(25)6-4-17/h3-8,13,21,23H,2,9-12,14-16H2,1H3,(H,26,30)/t21-,23+/m1/s1. The highest BCUT2D eigenvalue weighted by Gasteiger charge is 2.41. The maximum Gasteiger partial charge on any atom is 0.269 e. The van der Waals surface area contributed by atoms with Crippen LogP contribution >= 0.6 is 0 Å². The van der Waals surface area contributed by atoms with Crippen LogP contribution < -0.4 is 10.2 Å². The Morgan fingerprint density at radius 1 is 1.24 bits per heavy atom. The Morgan fingerprint density at radius 3 is 2.76 bits per heavy atom. The fourth-order valence-corrected chi connectivity index (χ4v) is 4.83. The average Bonchev–Trinajstić information content (AvgIpc) is 2.82. The van der Waals surface area contributed by atoms with Gasteiger partial charge in [0, 0.05) is 64.3 Å². The monoisotopic (exact) mass is 456 g/mol. The van der Waals surface area contributed by atoms with Crippen LogP contribution in [0.5, 0.6) is 0 Å². The van der Waals surface area contributed by atoms with Gasteiger partial charge in [-0.15, -0.1) is 0 Å². The number of halogens is 1. The molecule has 9 heteroatoms. The number of nitrogens with zero attached hydrogens (tertiary/aromatic N) is 3. The van der Waals surface area contributed by atoms with Gasteiger partial charge >= 0.3 is 0 Å². The van der Waals surface area contributed by atoms with Gasteiger partial charge in [-0.1, -0.05) is 12.1 Å². The number of carbonyl (C=O) groups is 1. The van der Waals surface area contributed by atoms with E-state index in [2.05, 4.69) is 15.1 Å². The molecule has 2 aromatic carbocycles. The zero-order chi connectivity index (χ0) is 23.4. The Hall–Kier alpha value is -3.04. The second kappa shape index (κ2) is 10.3. The number of nitro benzene ring substituents is 1. The summed E-state index contributed by atoms with van der Waals surface area (Å²) in [6, 6.07) is 11.4. The molecular formula is C24H29FN4O4. The minimum absolute atomic E-state index is 0.0399. The number of rotatable bonds is 8. The summed E-state index contributed by atoms with van der Waals surface area (Å²) >= 11 is 0. The number of methoxy groups -OCH3 is 1. The minimum Gasteiger partial charge on any atom is -0.385 e. The number of hydrogen-bond donors (Lipinski definition) is 1. The predicted molar refractivity (Wildman–Crippen MR) is 123 cm³/mol. The molecule has 2 atom stereocenters. The van der Waals surface area contributed by atoms with Crippen molar-refractivity contribution >= 4 is 17.3 Å². The SMILES string of the molecule is COCCCNC(=O)[C@@H]1Cc2cc([N+](=O)[O-])ccc2N2CCN(Cc3ccc(F)cc3)C[C@@H]12. The molecule has 2 aliphatic rings. The molecule has 0 saturated carbocycles. The normalized spacial score (nSPS) is 20.1. The summed E-state index contributed by atoms with van der Waals surface area (Å²) in [7, 11) is 1.63.